The lowest BCUT2D eigenvalue weighted by Gasteiger charge is -2.21. The maximum atomic E-state index is 12.7. The molecule has 1 aromatic carbocycles. The number of ketones is 1. The Hall–Kier alpha value is -1.22. The van der Waals surface area contributed by atoms with Gasteiger partial charge in [-0.2, -0.15) is 0 Å². The van der Waals surface area contributed by atoms with Crippen molar-refractivity contribution in [3.05, 3.63) is 35.6 Å². The molecule has 0 unspecified atom stereocenters. The van der Waals surface area contributed by atoms with Crippen LogP contribution in [0.15, 0.2) is 24.3 Å². The van der Waals surface area contributed by atoms with Crippen LogP contribution in [0.4, 0.5) is 4.39 Å². The van der Waals surface area contributed by atoms with Gasteiger partial charge in [-0.25, -0.2) is 4.39 Å². The average Bonchev–Trinajstić information content (AvgIpc) is 2.34. The summed E-state index contributed by atoms with van der Waals surface area (Å²) < 4.78 is 12.7. The number of benzene rings is 1. The maximum absolute atomic E-state index is 12.7. The van der Waals surface area contributed by atoms with Crippen molar-refractivity contribution in [2.24, 2.45) is 5.92 Å². The smallest absolute Gasteiger partial charge is 0.132 e. The number of halogens is 1. The van der Waals surface area contributed by atoms with E-state index < -0.39 is 0 Å². The summed E-state index contributed by atoms with van der Waals surface area (Å²) in [4.78, 5) is 11.1. The van der Waals surface area contributed by atoms with Gasteiger partial charge in [0.15, 0.2) is 0 Å². The largest absolute Gasteiger partial charge is 0.312 e. The van der Waals surface area contributed by atoms with Gasteiger partial charge < -0.3 is 5.32 Å². The number of nitrogens with one attached hydrogen (secondary N) is 1. The second-order valence-corrected chi connectivity index (χ2v) is 4.74. The highest BCUT2D eigenvalue weighted by molar-refractivity contribution is 5.79. The predicted molar refractivity (Wildman–Crippen MR) is 65.1 cm³/mol. The first kappa shape index (κ1) is 12.2. The molecule has 0 spiro atoms. The molecule has 0 amide bonds. The van der Waals surface area contributed by atoms with E-state index >= 15 is 0 Å². The van der Waals surface area contributed by atoms with E-state index in [4.69, 9.17) is 0 Å². The van der Waals surface area contributed by atoms with Crippen LogP contribution in [-0.4, -0.2) is 12.3 Å². The van der Waals surface area contributed by atoms with Crippen LogP contribution in [-0.2, 0) is 11.3 Å². The van der Waals surface area contributed by atoms with E-state index in [9.17, 15) is 9.18 Å². The van der Waals surface area contributed by atoms with E-state index in [1.54, 1.807) is 12.1 Å². The fourth-order valence-electron chi connectivity index (χ4n) is 2.23. The normalized spacial score (nSPS) is 17.4. The molecule has 1 aliphatic rings. The van der Waals surface area contributed by atoms with Crippen molar-refractivity contribution >= 4 is 5.78 Å². The molecule has 92 valence electrons. The summed E-state index contributed by atoms with van der Waals surface area (Å²) in [6.45, 7) is 1.72. The summed E-state index contributed by atoms with van der Waals surface area (Å²) in [6.07, 6.45) is 3.50. The molecule has 0 atom stereocenters. The molecule has 2 rings (SSSR count). The Bertz CT molecular complexity index is 364. The van der Waals surface area contributed by atoms with Gasteiger partial charge in [-0.3, -0.25) is 4.79 Å². The lowest BCUT2D eigenvalue weighted by molar-refractivity contribution is -0.120. The Balaban J connectivity index is 1.69. The standard InChI is InChI=1S/C14H18FNO/c15-13-5-1-11(2-6-13)9-16-10-12-3-7-14(17)8-4-12/h1-2,5-6,12,16H,3-4,7-10H2. The van der Waals surface area contributed by atoms with Crippen LogP contribution in [0.2, 0.25) is 0 Å². The van der Waals surface area contributed by atoms with Gasteiger partial charge in [0.25, 0.3) is 0 Å². The fraction of sp³-hybridized carbons (Fsp3) is 0.500. The lowest BCUT2D eigenvalue weighted by Crippen LogP contribution is -2.26. The molecule has 0 aliphatic heterocycles. The molecule has 1 saturated carbocycles. The highest BCUT2D eigenvalue weighted by Crippen LogP contribution is 2.20. The van der Waals surface area contributed by atoms with E-state index in [1.807, 2.05) is 0 Å². The van der Waals surface area contributed by atoms with Gasteiger partial charge in [0.2, 0.25) is 0 Å². The van der Waals surface area contributed by atoms with Gasteiger partial charge in [-0.1, -0.05) is 12.1 Å². The Morgan fingerprint density at radius 1 is 1.18 bits per heavy atom. The number of Topliss-reactive ketones (excluding diaryl/α,β-unsaturated/α-hetero) is 1. The van der Waals surface area contributed by atoms with E-state index in [2.05, 4.69) is 5.32 Å². The summed E-state index contributed by atoms with van der Waals surface area (Å²) in [5, 5.41) is 3.37. The van der Waals surface area contributed by atoms with E-state index in [0.717, 1.165) is 44.3 Å². The number of hydrogen-bond acceptors (Lipinski definition) is 2. The summed E-state index contributed by atoms with van der Waals surface area (Å²) in [6, 6.07) is 6.56. The maximum Gasteiger partial charge on any atom is 0.132 e. The number of carbonyl (C=O) groups excluding carboxylic acids is 1. The Labute approximate surface area is 101 Å². The SMILES string of the molecule is O=C1CCC(CNCc2ccc(F)cc2)CC1. The summed E-state index contributed by atoms with van der Waals surface area (Å²) in [5.41, 5.74) is 1.10. The van der Waals surface area contributed by atoms with Crippen molar-refractivity contribution < 1.29 is 9.18 Å². The first-order chi connectivity index (χ1) is 8.24. The van der Waals surface area contributed by atoms with E-state index in [0.29, 0.717) is 11.7 Å². The van der Waals surface area contributed by atoms with Gasteiger partial charge in [0, 0.05) is 19.4 Å². The molecule has 1 fully saturated rings. The topological polar surface area (TPSA) is 29.1 Å². The number of rotatable bonds is 4. The monoisotopic (exact) mass is 235 g/mol. The minimum atomic E-state index is -0.195. The van der Waals surface area contributed by atoms with Crippen LogP contribution in [0.1, 0.15) is 31.2 Å². The van der Waals surface area contributed by atoms with Crippen molar-refractivity contribution in [3.8, 4) is 0 Å². The van der Waals surface area contributed by atoms with Crippen LogP contribution in [0, 0.1) is 11.7 Å². The molecule has 17 heavy (non-hydrogen) atoms. The second kappa shape index (κ2) is 5.92. The highest BCUT2D eigenvalue weighted by Gasteiger charge is 2.17. The molecule has 0 bridgehead atoms. The molecular formula is C14H18FNO. The van der Waals surface area contributed by atoms with Gasteiger partial charge >= 0.3 is 0 Å². The molecule has 3 heteroatoms. The second-order valence-electron chi connectivity index (χ2n) is 4.74. The zero-order chi connectivity index (χ0) is 12.1. The van der Waals surface area contributed by atoms with Crippen LogP contribution in [0.3, 0.4) is 0 Å². The molecule has 1 aromatic rings. The van der Waals surface area contributed by atoms with Crippen LogP contribution < -0.4 is 5.32 Å². The van der Waals surface area contributed by atoms with Crippen molar-refractivity contribution in [1.29, 1.82) is 0 Å². The molecule has 1 N–H and O–H groups in total. The summed E-state index contributed by atoms with van der Waals surface area (Å²) in [5.74, 6) is 0.826. The molecular weight excluding hydrogens is 217 g/mol. The third-order valence-electron chi connectivity index (χ3n) is 3.34. The fourth-order valence-corrected chi connectivity index (χ4v) is 2.23. The van der Waals surface area contributed by atoms with Crippen LogP contribution in [0.5, 0.6) is 0 Å². The van der Waals surface area contributed by atoms with Gasteiger partial charge in [-0.15, -0.1) is 0 Å². The predicted octanol–water partition coefficient (Wildman–Crippen LogP) is 2.67. The van der Waals surface area contributed by atoms with Crippen molar-refractivity contribution in [3.63, 3.8) is 0 Å². The molecule has 0 radical (unpaired) electrons. The van der Waals surface area contributed by atoms with Gasteiger partial charge in [0.05, 0.1) is 0 Å². The summed E-state index contributed by atoms with van der Waals surface area (Å²) >= 11 is 0. The Morgan fingerprint density at radius 3 is 2.47 bits per heavy atom. The summed E-state index contributed by atoms with van der Waals surface area (Å²) in [7, 11) is 0. The first-order valence-electron chi connectivity index (χ1n) is 6.21. The molecule has 0 saturated heterocycles. The molecule has 0 heterocycles. The van der Waals surface area contributed by atoms with Crippen LogP contribution >= 0.6 is 0 Å². The van der Waals surface area contributed by atoms with Crippen molar-refractivity contribution in [2.45, 2.75) is 32.2 Å². The van der Waals surface area contributed by atoms with Gasteiger partial charge in [0.1, 0.15) is 11.6 Å². The molecule has 1 aliphatic carbocycles. The zero-order valence-electron chi connectivity index (χ0n) is 9.92. The highest BCUT2D eigenvalue weighted by atomic mass is 19.1. The minimum absolute atomic E-state index is 0.195. The van der Waals surface area contributed by atoms with Gasteiger partial charge in [-0.05, 0) is 43.0 Å². The van der Waals surface area contributed by atoms with Crippen molar-refractivity contribution in [1.82, 2.24) is 5.32 Å². The first-order valence-corrected chi connectivity index (χ1v) is 6.21. The number of hydrogen-bond donors (Lipinski definition) is 1. The third kappa shape index (κ3) is 3.93. The molecule has 0 aromatic heterocycles. The van der Waals surface area contributed by atoms with Crippen molar-refractivity contribution in [2.75, 3.05) is 6.54 Å². The lowest BCUT2D eigenvalue weighted by atomic mass is 9.88. The number of carbonyl (C=O) groups is 1. The van der Waals surface area contributed by atoms with E-state index in [-0.39, 0.29) is 5.82 Å². The minimum Gasteiger partial charge on any atom is -0.312 e. The van der Waals surface area contributed by atoms with E-state index in [1.165, 1.54) is 12.1 Å². The van der Waals surface area contributed by atoms with Crippen LogP contribution in [0.25, 0.3) is 0 Å². The Morgan fingerprint density at radius 2 is 1.82 bits per heavy atom. The average molecular weight is 235 g/mol. The zero-order valence-corrected chi connectivity index (χ0v) is 9.92. The quantitative estimate of drug-likeness (QED) is 0.869. The Kier molecular flexibility index (Phi) is 4.26. The third-order valence-corrected chi connectivity index (χ3v) is 3.34. The molecule has 2 nitrogen and oxygen atoms in total.